The quantitative estimate of drug-likeness (QED) is 0.672. The van der Waals surface area contributed by atoms with Crippen LogP contribution in [-0.4, -0.2) is 51.2 Å². The fourth-order valence-corrected chi connectivity index (χ4v) is 8.70. The third-order valence-electron chi connectivity index (χ3n) is 4.48. The summed E-state index contributed by atoms with van der Waals surface area (Å²) in [7, 11) is 2.51. The van der Waals surface area contributed by atoms with Gasteiger partial charge in [0.1, 0.15) is 0 Å². The molecule has 0 aliphatic carbocycles. The summed E-state index contributed by atoms with van der Waals surface area (Å²) >= 11 is 0. The highest BCUT2D eigenvalue weighted by Crippen LogP contribution is 2.23. The number of hydrogen-bond acceptors (Lipinski definition) is 4. The molecule has 0 spiro atoms. The van der Waals surface area contributed by atoms with Crippen LogP contribution in [0.5, 0.6) is 0 Å². The van der Waals surface area contributed by atoms with Crippen molar-refractivity contribution in [2.75, 3.05) is 33.3 Å². The molecule has 1 rings (SSSR count). The Morgan fingerprint density at radius 3 is 2.13 bits per heavy atom. The average Bonchev–Trinajstić information content (AvgIpc) is 2.56. The van der Waals surface area contributed by atoms with Gasteiger partial charge >= 0.3 is 8.80 Å². The summed E-state index contributed by atoms with van der Waals surface area (Å²) in [5.41, 5.74) is 0.935. The van der Waals surface area contributed by atoms with Crippen LogP contribution < -0.4 is 10.1 Å². The number of nitrogens with zero attached hydrogens (tertiary/aromatic N) is 1. The van der Waals surface area contributed by atoms with Crippen molar-refractivity contribution in [3.8, 4) is 0 Å². The first-order valence-corrected chi connectivity index (χ1v) is 12.9. The minimum atomic E-state index is -2.54. The molecule has 1 amide bonds. The third-order valence-corrected chi connectivity index (χ3v) is 11.1. The highest BCUT2D eigenvalue weighted by atomic mass is 28.4. The molecule has 0 aliphatic heterocycles. The van der Waals surface area contributed by atoms with Crippen molar-refractivity contribution in [1.82, 2.24) is 0 Å². The van der Waals surface area contributed by atoms with Crippen LogP contribution in [0.15, 0.2) is 24.3 Å². The molecule has 0 saturated heterocycles. The summed E-state index contributed by atoms with van der Waals surface area (Å²) < 4.78 is 16.6. The topological polar surface area (TPSA) is 48.0 Å². The van der Waals surface area contributed by atoms with E-state index in [9.17, 15) is 4.79 Å². The van der Waals surface area contributed by atoms with Crippen molar-refractivity contribution in [1.29, 1.82) is 0 Å². The van der Waals surface area contributed by atoms with Gasteiger partial charge in [-0.1, -0.05) is 30.4 Å². The van der Waals surface area contributed by atoms with Gasteiger partial charge in [-0.2, -0.15) is 0 Å². The Morgan fingerprint density at radius 2 is 1.65 bits per heavy atom. The van der Waals surface area contributed by atoms with Crippen molar-refractivity contribution in [3.05, 3.63) is 24.3 Å². The molecule has 0 saturated carbocycles. The van der Waals surface area contributed by atoms with Gasteiger partial charge in [0, 0.05) is 47.0 Å². The molecule has 130 valence electrons. The van der Waals surface area contributed by atoms with Gasteiger partial charge in [-0.05, 0) is 18.2 Å². The third kappa shape index (κ3) is 4.99. The molecule has 0 N–H and O–H groups in total. The number of anilines is 1. The van der Waals surface area contributed by atoms with Gasteiger partial charge in [0.05, 0.1) is 8.07 Å². The molecule has 0 unspecified atom stereocenters. The molecule has 0 aliphatic rings. The first-order chi connectivity index (χ1) is 10.7. The Balaban J connectivity index is 2.96. The first kappa shape index (κ1) is 20.0. The molecule has 1 aromatic carbocycles. The second-order valence-corrected chi connectivity index (χ2v) is 14.2. The van der Waals surface area contributed by atoms with E-state index in [2.05, 4.69) is 25.2 Å². The van der Waals surface area contributed by atoms with E-state index >= 15 is 0 Å². The lowest BCUT2D eigenvalue weighted by Gasteiger charge is -2.30. The van der Waals surface area contributed by atoms with Crippen molar-refractivity contribution < 1.29 is 18.1 Å². The highest BCUT2D eigenvalue weighted by Gasteiger charge is 2.40. The second-order valence-electron chi connectivity index (χ2n) is 6.31. The van der Waals surface area contributed by atoms with Gasteiger partial charge in [0.15, 0.2) is 0 Å². The summed E-state index contributed by atoms with van der Waals surface area (Å²) in [6.07, 6.45) is 0. The number of carbonyl (C=O) groups is 1. The molecule has 0 bridgehead atoms. The Hall–Kier alpha value is -0.996. The smallest absolute Gasteiger partial charge is 0.377 e. The lowest BCUT2D eigenvalue weighted by Crippen LogP contribution is -2.48. The maximum atomic E-state index is 11.6. The van der Waals surface area contributed by atoms with E-state index in [1.807, 2.05) is 12.1 Å². The van der Waals surface area contributed by atoms with Crippen molar-refractivity contribution in [2.45, 2.75) is 32.1 Å². The monoisotopic (exact) mass is 355 g/mol. The lowest BCUT2D eigenvalue weighted by atomic mass is 10.3. The average molecular weight is 356 g/mol. The Bertz CT molecular complexity index is 524. The number of benzene rings is 1. The molecule has 0 aromatic heterocycles. The fourth-order valence-electron chi connectivity index (χ4n) is 2.48. The van der Waals surface area contributed by atoms with E-state index in [4.69, 9.17) is 13.3 Å². The largest absolute Gasteiger partial charge is 0.499 e. The van der Waals surface area contributed by atoms with Gasteiger partial charge < -0.3 is 18.2 Å². The number of hydrogen-bond donors (Lipinski definition) is 0. The van der Waals surface area contributed by atoms with Gasteiger partial charge in [0.2, 0.25) is 5.91 Å². The van der Waals surface area contributed by atoms with Crippen LogP contribution >= 0.6 is 0 Å². The van der Waals surface area contributed by atoms with Gasteiger partial charge in [-0.3, -0.25) is 4.79 Å². The van der Waals surface area contributed by atoms with Crippen LogP contribution in [0.2, 0.25) is 25.2 Å². The molecule has 0 heterocycles. The number of amides is 1. The molecule has 23 heavy (non-hydrogen) atoms. The first-order valence-electron chi connectivity index (χ1n) is 7.71. The molecular weight excluding hydrogens is 326 g/mol. The van der Waals surface area contributed by atoms with Crippen LogP contribution in [-0.2, 0) is 18.1 Å². The highest BCUT2D eigenvalue weighted by molar-refractivity contribution is 6.90. The van der Waals surface area contributed by atoms with Gasteiger partial charge in [-0.25, -0.2) is 0 Å². The Kier molecular flexibility index (Phi) is 7.15. The van der Waals surface area contributed by atoms with Crippen molar-refractivity contribution >= 4 is 33.7 Å². The van der Waals surface area contributed by atoms with E-state index in [0.717, 1.165) is 17.8 Å². The second kappa shape index (κ2) is 8.21. The molecule has 0 atom stereocenters. The molecule has 0 fully saturated rings. The number of carbonyl (C=O) groups excluding carboxylic acids is 1. The van der Waals surface area contributed by atoms with Crippen LogP contribution in [0.25, 0.3) is 0 Å². The predicted octanol–water partition coefficient (Wildman–Crippen LogP) is 2.46. The lowest BCUT2D eigenvalue weighted by molar-refractivity contribution is -0.116. The molecule has 1 aromatic rings. The molecule has 0 radical (unpaired) electrons. The molecular formula is C16H29NO4Si2. The van der Waals surface area contributed by atoms with Crippen LogP contribution in [0.3, 0.4) is 0 Å². The zero-order valence-electron chi connectivity index (χ0n) is 15.3. The van der Waals surface area contributed by atoms with Crippen LogP contribution in [0.1, 0.15) is 6.92 Å². The van der Waals surface area contributed by atoms with Crippen LogP contribution in [0, 0.1) is 0 Å². The summed E-state index contributed by atoms with van der Waals surface area (Å²) in [5.74, 6) is 0.0335. The van der Waals surface area contributed by atoms with E-state index in [1.165, 1.54) is 5.19 Å². The molecule has 5 nitrogen and oxygen atoms in total. The maximum absolute atomic E-state index is 11.6. The zero-order valence-corrected chi connectivity index (χ0v) is 17.3. The van der Waals surface area contributed by atoms with E-state index in [1.54, 1.807) is 40.2 Å². The summed E-state index contributed by atoms with van der Waals surface area (Å²) in [6, 6.07) is 10.1. The fraction of sp³-hybridized carbons (Fsp3) is 0.562. The van der Waals surface area contributed by atoms with Gasteiger partial charge in [-0.15, -0.1) is 0 Å². The van der Waals surface area contributed by atoms with E-state index < -0.39 is 16.9 Å². The summed E-state index contributed by atoms with van der Waals surface area (Å²) in [5, 5.41) is 1.31. The van der Waals surface area contributed by atoms with Crippen LogP contribution in [0.4, 0.5) is 5.69 Å². The SMILES string of the molecule is CO[Si](CC[Si](C)(C)c1cccc(N(C)C(C)=O)c1)(OC)OC. The Labute approximate surface area is 141 Å². The minimum Gasteiger partial charge on any atom is -0.377 e. The van der Waals surface area contributed by atoms with E-state index in [-0.39, 0.29) is 5.91 Å². The van der Waals surface area contributed by atoms with Crippen molar-refractivity contribution in [3.63, 3.8) is 0 Å². The zero-order chi connectivity index (χ0) is 17.7. The predicted molar refractivity (Wildman–Crippen MR) is 99.0 cm³/mol. The normalized spacial score (nSPS) is 12.3. The summed E-state index contributed by atoms with van der Waals surface area (Å²) in [6.45, 7) is 6.21. The minimum absolute atomic E-state index is 0.0335. The Morgan fingerprint density at radius 1 is 1.09 bits per heavy atom. The number of rotatable bonds is 8. The molecule has 7 heteroatoms. The standard InChI is InChI=1S/C16H29NO4Si2/c1-14(18)17(2)15-9-8-10-16(13-15)22(6,7)11-12-23(19-3,20-4)21-5/h8-10,13H,11-12H2,1-7H3. The summed E-state index contributed by atoms with van der Waals surface area (Å²) in [4.78, 5) is 13.2. The van der Waals surface area contributed by atoms with E-state index in [0.29, 0.717) is 0 Å². The van der Waals surface area contributed by atoms with Gasteiger partial charge in [0.25, 0.3) is 0 Å². The maximum Gasteiger partial charge on any atom is 0.499 e. The van der Waals surface area contributed by atoms with Crippen molar-refractivity contribution in [2.24, 2.45) is 0 Å².